The molecule has 36 N–H and O–H groups in total. The number of carbonyl (C=O) groups is 2. The van der Waals surface area contributed by atoms with Crippen molar-refractivity contribution in [1.82, 2.24) is 10.6 Å². The molecule has 13 heterocycles. The first-order chi connectivity index (χ1) is 68.5. The predicted octanol–water partition coefficient (Wildman–Crippen LogP) is -23.9. The van der Waals surface area contributed by atoms with E-state index in [1.54, 1.807) is 0 Å². The van der Waals surface area contributed by atoms with Crippen molar-refractivity contribution < 1.29 is 302 Å². The molecule has 0 saturated carbocycles. The summed E-state index contributed by atoms with van der Waals surface area (Å²) in [6, 6.07) is -4.46. The average molecular weight is 2130 g/mol. The Hall–Kier alpha value is -3.42. The second-order valence-electron chi connectivity index (χ2n) is 37.8. The fourth-order valence-corrected chi connectivity index (χ4v) is 19.3. The van der Waals surface area contributed by atoms with Crippen LogP contribution in [-0.4, -0.2) is 637 Å². The molecule has 0 radical (unpaired) electrons. The van der Waals surface area contributed by atoms with Crippen molar-refractivity contribution in [2.45, 2.75) is 448 Å². The van der Waals surface area contributed by atoms with Gasteiger partial charge in [-0.2, -0.15) is 0 Å². The van der Waals surface area contributed by atoms with Crippen LogP contribution in [0, 0.1) is 0 Å². The van der Waals surface area contributed by atoms with Crippen LogP contribution in [0.2, 0.25) is 0 Å². The molecule has 0 aromatic heterocycles. The summed E-state index contributed by atoms with van der Waals surface area (Å²) in [5.41, 5.74) is 0. The Morgan fingerprint density at radius 2 is 0.421 bits per heavy atom. The molecule has 63 heteroatoms. The quantitative estimate of drug-likeness (QED) is 0.0284. The number of rotatable bonds is 34. The van der Waals surface area contributed by atoms with Gasteiger partial charge in [0.15, 0.2) is 81.8 Å². The lowest BCUT2D eigenvalue weighted by Gasteiger charge is -2.53. The predicted molar refractivity (Wildman–Crippen MR) is 444 cm³/mol. The first-order valence-corrected chi connectivity index (χ1v) is 47.0. The normalized spacial score (nSPS) is 53.5. The fourth-order valence-electron chi connectivity index (χ4n) is 19.3. The summed E-state index contributed by atoms with van der Waals surface area (Å²) in [6.45, 7) is -2.02. The fraction of sp³-hybridized carbons (Fsp3) is 0.976. The third-order valence-electron chi connectivity index (χ3n) is 27.8. The van der Waals surface area contributed by atoms with Gasteiger partial charge in [0, 0.05) is 13.8 Å². The molecule has 13 fully saturated rings. The van der Waals surface area contributed by atoms with Crippen LogP contribution in [0.3, 0.4) is 0 Å². The standard InChI is InChI=1S/C82H138N2O61/c1-16-33(94)41(102)51(112)73(122-16)140-64-31(83-21(6)92)70(120)127-30(15-121-72-56(117)49(110)59(20(5)126-72)135-81-68(47(108)39(100)25(10-87)130-81)143-74-52(113)42(103)34(95)17(2)123-74)63(64)137-71-32(84-22(7)93)65(141-80-67(46(107)36(97)19(4)125-80)145-77-55(116)45(106)38(99)24(9-86)129-77)61(28(13-90)132-71)138-79-58(119)66(142-78-57(118)50(111)60(27(12-89)133-78)136-76-54(115)44(105)37(98)23(8-85)128-76)62(29(14-91)134-79)139-82-69(48(109)40(101)26(11-88)131-82)144-75-53(114)43(104)35(96)18(3)124-75/h16-20,23-82,85-91,94-120H,8-15H2,1-7H3,(H,83,92)(H,84,93)/t16-,17-,18-,19-,20-,23+,24+,25+,26+,27+,28+,29+,30+,31+,32+,33+,34+,35+,36+,37-,38-,39-,40-,41+,42+,43+,44-,45-,46+,47-,48-,49-,50+,51-,52-,53-,54+,55+,56-,57-,58-,59+,60+,61+,62+,63+,64+,65+,66+,67-,68+,69+,70+,71-,72+,73-,74-,75-,76+,77?,78+,79-,80-,81-,82-/m0/s1. The number of aliphatic hydroxyl groups excluding tert-OH is 34. The van der Waals surface area contributed by atoms with Crippen LogP contribution in [0.25, 0.3) is 0 Å². The van der Waals surface area contributed by atoms with Gasteiger partial charge in [0.2, 0.25) is 11.8 Å². The summed E-state index contributed by atoms with van der Waals surface area (Å²) in [5.74, 6) is -2.22. The maximum absolute atomic E-state index is 14.5. The second-order valence-corrected chi connectivity index (χ2v) is 37.8. The molecule has 145 heavy (non-hydrogen) atoms. The monoisotopic (exact) mass is 2130 g/mol. The molecule has 0 aliphatic carbocycles. The lowest BCUT2D eigenvalue weighted by molar-refractivity contribution is -0.417. The number of amides is 2. The summed E-state index contributed by atoms with van der Waals surface area (Å²) >= 11 is 0. The van der Waals surface area contributed by atoms with Gasteiger partial charge in [-0.25, -0.2) is 0 Å². The molecule has 13 aliphatic rings. The van der Waals surface area contributed by atoms with Crippen molar-refractivity contribution in [3.8, 4) is 0 Å². The Balaban J connectivity index is 0.895. The first-order valence-electron chi connectivity index (χ1n) is 47.0. The van der Waals surface area contributed by atoms with Gasteiger partial charge in [0.25, 0.3) is 0 Å². The van der Waals surface area contributed by atoms with E-state index in [1.165, 1.54) is 27.7 Å². The largest absolute Gasteiger partial charge is 0.394 e. The van der Waals surface area contributed by atoms with Gasteiger partial charge < -0.3 is 303 Å². The Morgan fingerprint density at radius 3 is 0.834 bits per heavy atom. The molecule has 0 bridgehead atoms. The molecule has 0 spiro atoms. The first kappa shape index (κ1) is 119. The third-order valence-corrected chi connectivity index (χ3v) is 27.8. The van der Waals surface area contributed by atoms with Gasteiger partial charge in [0.1, 0.15) is 287 Å². The van der Waals surface area contributed by atoms with Crippen LogP contribution in [0.1, 0.15) is 48.5 Å². The second kappa shape index (κ2) is 50.6. The van der Waals surface area contributed by atoms with E-state index in [1.807, 2.05) is 0 Å². The minimum Gasteiger partial charge on any atom is -0.394 e. The van der Waals surface area contributed by atoms with E-state index in [0.717, 1.165) is 20.8 Å². The van der Waals surface area contributed by atoms with Crippen LogP contribution in [0.4, 0.5) is 0 Å². The minimum absolute atomic E-state index is 0.828. The maximum atomic E-state index is 14.5. The molecule has 63 nitrogen and oxygen atoms in total. The number of hydrogen-bond acceptors (Lipinski definition) is 61. The number of nitrogens with one attached hydrogen (secondary N) is 2. The van der Waals surface area contributed by atoms with Crippen molar-refractivity contribution in [3.05, 3.63) is 0 Å². The van der Waals surface area contributed by atoms with Gasteiger partial charge in [-0.3, -0.25) is 9.59 Å². The Kier molecular flexibility index (Phi) is 41.4. The lowest BCUT2D eigenvalue weighted by Crippen LogP contribution is -2.73. The highest BCUT2D eigenvalue weighted by molar-refractivity contribution is 5.73. The number of hydrogen-bond donors (Lipinski definition) is 36. The van der Waals surface area contributed by atoms with Gasteiger partial charge in [-0.15, -0.1) is 0 Å². The molecule has 0 aromatic carbocycles. The number of ether oxygens (including phenoxy) is 25. The molecular weight excluding hydrogens is 1990 g/mol. The van der Waals surface area contributed by atoms with Gasteiger partial charge in [-0.05, 0) is 34.6 Å². The summed E-state index contributed by atoms with van der Waals surface area (Å²) < 4.78 is 153. The Morgan fingerprint density at radius 1 is 0.193 bits per heavy atom. The summed E-state index contributed by atoms with van der Waals surface area (Å²) in [6.07, 6.45) is -135. The molecule has 13 aliphatic heterocycles. The zero-order chi connectivity index (χ0) is 106. The van der Waals surface area contributed by atoms with E-state index >= 15 is 0 Å². The van der Waals surface area contributed by atoms with Crippen LogP contribution in [-0.2, 0) is 128 Å². The molecule has 65 atom stereocenters. The van der Waals surface area contributed by atoms with Crippen molar-refractivity contribution in [2.75, 3.05) is 52.9 Å². The zero-order valence-electron chi connectivity index (χ0n) is 78.4. The van der Waals surface area contributed by atoms with Crippen molar-refractivity contribution >= 4 is 11.8 Å². The lowest BCUT2D eigenvalue weighted by atomic mass is 9.92. The van der Waals surface area contributed by atoms with E-state index in [4.69, 9.17) is 118 Å². The summed E-state index contributed by atoms with van der Waals surface area (Å²) in [5, 5.41) is 390. The van der Waals surface area contributed by atoms with Gasteiger partial charge in [0.05, 0.1) is 83.4 Å². The van der Waals surface area contributed by atoms with Crippen LogP contribution in [0.5, 0.6) is 0 Å². The average Bonchev–Trinajstić information content (AvgIpc) is 0.747. The van der Waals surface area contributed by atoms with Crippen LogP contribution >= 0.6 is 0 Å². The molecule has 842 valence electrons. The topological polar surface area (TPSA) is 977 Å². The minimum atomic E-state index is -2.82. The Labute approximate surface area is 821 Å². The number of aliphatic hydroxyl groups is 34. The molecule has 13 saturated heterocycles. The zero-order valence-corrected chi connectivity index (χ0v) is 78.4. The summed E-state index contributed by atoms with van der Waals surface area (Å²) in [4.78, 5) is 28.0. The van der Waals surface area contributed by atoms with Crippen molar-refractivity contribution in [1.29, 1.82) is 0 Å². The highest BCUT2D eigenvalue weighted by atomic mass is 16.8. The Bertz CT molecular complexity index is 3970. The third kappa shape index (κ3) is 25.2. The molecule has 1 unspecified atom stereocenters. The van der Waals surface area contributed by atoms with Crippen LogP contribution in [0.15, 0.2) is 0 Å². The smallest absolute Gasteiger partial charge is 0.217 e. The van der Waals surface area contributed by atoms with Crippen molar-refractivity contribution in [3.63, 3.8) is 0 Å². The van der Waals surface area contributed by atoms with E-state index < -0.39 is 464 Å². The van der Waals surface area contributed by atoms with Gasteiger partial charge >= 0.3 is 0 Å². The molecular formula is C82H138N2O61. The van der Waals surface area contributed by atoms with E-state index in [-0.39, 0.29) is 0 Å². The van der Waals surface area contributed by atoms with E-state index in [2.05, 4.69) is 10.6 Å². The summed E-state index contributed by atoms with van der Waals surface area (Å²) in [7, 11) is 0. The molecule has 0 aromatic rings. The molecule has 2 amide bonds. The maximum Gasteiger partial charge on any atom is 0.217 e. The van der Waals surface area contributed by atoms with Crippen molar-refractivity contribution in [2.24, 2.45) is 0 Å². The van der Waals surface area contributed by atoms with Crippen LogP contribution < -0.4 is 10.6 Å². The highest BCUT2D eigenvalue weighted by Gasteiger charge is 2.65. The SMILES string of the molecule is CC(=O)N[C@@H]1[C@@H](O[C@@H]2O[C@@H](C)[C@@H](O)[C@@H](O)[C@@H]2O)[C@H](O[C@@H]2O[C@H](CO)[C@@H](O[C@@H]3O[C@H](CO)[C@@H](O[C@@H]4O[C@H](CO)[C@H](O)[C@H](O)[C@H]4O[C@@H]4O[C@@H](C)[C@@H](O)[C@@H](O)[C@@H]4O)[C@H](O[C@H]4O[C@H](CO)[C@@H](O[C@H]5O[C@H](CO)[C@H](O)[C@H](O)[C@H]5O)[C@H](O)[C@@H]4O)[C@@H]3O)[C@H](O[C@@H]3O[C@@H](C)[C@@H](O)[C@@H](O)[C@@H]3OC3O[C@H](CO)[C@H](O)[C@H](O)[C@H]3O)[C@H]2NC(C)=O)[C@@H](CO[C@@H]2O[C@@H](C)[C@@H](O[C@@H]3O[C@H](CO)[C@H](O)[C@H](O)[C@H]3O[C@@H]3O[C@@H](C)[C@@H](O)[C@@H](O)[C@@H]3O)[C@@H](O)[C@@H]2O)O[C@H]1O. The van der Waals surface area contributed by atoms with Gasteiger partial charge in [-0.1, -0.05) is 0 Å². The number of carbonyl (C=O) groups excluding carboxylic acids is 2. The van der Waals surface area contributed by atoms with E-state index in [0.29, 0.717) is 0 Å². The van der Waals surface area contributed by atoms with E-state index in [9.17, 15) is 183 Å². The molecule has 13 rings (SSSR count). The highest BCUT2D eigenvalue weighted by Crippen LogP contribution is 2.45.